The second-order valence-corrected chi connectivity index (χ2v) is 7.91. The second kappa shape index (κ2) is 11.6. The predicted octanol–water partition coefficient (Wildman–Crippen LogP) is 1.97. The number of rotatable bonds is 9. The van der Waals surface area contributed by atoms with Crippen LogP contribution in [0.15, 0.2) is 24.3 Å². The molecule has 1 aliphatic rings. The molecule has 30 heavy (non-hydrogen) atoms. The smallest absolute Gasteiger partial charge is 0.251 e. The number of likely N-dealkylation sites (tertiary alicyclic amines) is 1. The van der Waals surface area contributed by atoms with Gasteiger partial charge in [-0.15, -0.1) is 0 Å². The first-order valence-electron chi connectivity index (χ1n) is 10.4. The van der Waals surface area contributed by atoms with Gasteiger partial charge in [0.2, 0.25) is 11.8 Å². The van der Waals surface area contributed by atoms with E-state index >= 15 is 0 Å². The zero-order chi connectivity index (χ0) is 22.1. The maximum absolute atomic E-state index is 13.2. The molecule has 1 fully saturated rings. The summed E-state index contributed by atoms with van der Waals surface area (Å²) in [6.45, 7) is 5.83. The summed E-state index contributed by atoms with van der Waals surface area (Å²) in [6.07, 6.45) is 1.92. The first-order chi connectivity index (χ1) is 14.3. The molecule has 1 saturated heterocycles. The highest BCUT2D eigenvalue weighted by molar-refractivity contribution is 5.97. The van der Waals surface area contributed by atoms with E-state index in [2.05, 4.69) is 10.6 Å². The highest BCUT2D eigenvalue weighted by Gasteiger charge is 2.34. The lowest BCUT2D eigenvalue weighted by Crippen LogP contribution is -2.54. The van der Waals surface area contributed by atoms with E-state index in [0.717, 1.165) is 0 Å². The van der Waals surface area contributed by atoms with Crippen LogP contribution in [0.5, 0.6) is 0 Å². The fraction of sp³-hybridized carbons (Fsp3) is 0.591. The molecule has 8 heteroatoms. The number of nitrogens with one attached hydrogen (secondary N) is 2. The Labute approximate surface area is 177 Å². The number of ether oxygens (including phenoxy) is 1. The van der Waals surface area contributed by atoms with Gasteiger partial charge in [0.15, 0.2) is 0 Å². The number of benzene rings is 1. The molecule has 0 saturated carbocycles. The van der Waals surface area contributed by atoms with Gasteiger partial charge >= 0.3 is 0 Å². The number of hydrogen-bond donors (Lipinski definition) is 2. The van der Waals surface area contributed by atoms with Crippen molar-refractivity contribution < 1.29 is 23.5 Å². The first-order valence-corrected chi connectivity index (χ1v) is 10.4. The summed E-state index contributed by atoms with van der Waals surface area (Å²) < 4.78 is 18.2. The number of piperidine rings is 1. The Balaban J connectivity index is 2.05. The number of halogens is 1. The van der Waals surface area contributed by atoms with Crippen LogP contribution in [0.2, 0.25) is 0 Å². The minimum absolute atomic E-state index is 0.0698. The van der Waals surface area contributed by atoms with E-state index in [9.17, 15) is 18.8 Å². The molecule has 7 nitrogen and oxygen atoms in total. The van der Waals surface area contributed by atoms with Crippen molar-refractivity contribution in [3.63, 3.8) is 0 Å². The molecule has 1 aromatic rings. The summed E-state index contributed by atoms with van der Waals surface area (Å²) in [7, 11) is 1.60. The van der Waals surface area contributed by atoms with Gasteiger partial charge in [-0.1, -0.05) is 13.8 Å². The van der Waals surface area contributed by atoms with Crippen molar-refractivity contribution >= 4 is 17.7 Å². The molecule has 0 radical (unpaired) electrons. The van der Waals surface area contributed by atoms with Gasteiger partial charge in [0.25, 0.3) is 5.91 Å². The average Bonchev–Trinajstić information content (AvgIpc) is 2.74. The van der Waals surface area contributed by atoms with Gasteiger partial charge in [0.05, 0.1) is 0 Å². The summed E-state index contributed by atoms with van der Waals surface area (Å²) in [6, 6.07) is 4.49. The minimum Gasteiger partial charge on any atom is -0.385 e. The van der Waals surface area contributed by atoms with Crippen LogP contribution in [0.25, 0.3) is 0 Å². The third-order valence-electron chi connectivity index (χ3n) is 5.32. The summed E-state index contributed by atoms with van der Waals surface area (Å²) in [4.78, 5) is 39.5. The van der Waals surface area contributed by atoms with Gasteiger partial charge in [-0.25, -0.2) is 4.39 Å². The van der Waals surface area contributed by atoms with Crippen LogP contribution < -0.4 is 10.6 Å². The van der Waals surface area contributed by atoms with Crippen molar-refractivity contribution in [2.45, 2.75) is 39.2 Å². The molecular weight excluding hydrogens is 389 g/mol. The largest absolute Gasteiger partial charge is 0.385 e. The summed E-state index contributed by atoms with van der Waals surface area (Å²) in [5.74, 6) is -1.17. The minimum atomic E-state index is -0.721. The molecule has 0 aliphatic carbocycles. The fourth-order valence-electron chi connectivity index (χ4n) is 3.58. The Hall–Kier alpha value is -2.48. The third-order valence-corrected chi connectivity index (χ3v) is 5.32. The van der Waals surface area contributed by atoms with Gasteiger partial charge in [0, 0.05) is 44.8 Å². The standard InChI is InChI=1S/C22H32FN3O4/c1-15(2)22(29)26-12-9-16(10-13-26)19(21(28)24-11-4-14-30-3)25-20(27)17-5-7-18(23)8-6-17/h5-8,15-16,19H,4,9-14H2,1-3H3,(H,24,28)(H,25,27)/t19-/m1/s1. The number of methoxy groups -OCH3 is 1. The van der Waals surface area contributed by atoms with E-state index in [1.807, 2.05) is 18.7 Å². The van der Waals surface area contributed by atoms with Crippen LogP contribution in [0.4, 0.5) is 4.39 Å². The molecular formula is C22H32FN3O4. The number of amides is 3. The maximum Gasteiger partial charge on any atom is 0.251 e. The quantitative estimate of drug-likeness (QED) is 0.597. The lowest BCUT2D eigenvalue weighted by Gasteiger charge is -2.36. The Morgan fingerprint density at radius 2 is 1.80 bits per heavy atom. The van der Waals surface area contributed by atoms with E-state index in [0.29, 0.717) is 51.1 Å². The Kier molecular flexibility index (Phi) is 9.23. The maximum atomic E-state index is 13.2. The van der Waals surface area contributed by atoms with Crippen LogP contribution >= 0.6 is 0 Å². The monoisotopic (exact) mass is 421 g/mol. The van der Waals surface area contributed by atoms with Crippen molar-refractivity contribution in [2.24, 2.45) is 11.8 Å². The van der Waals surface area contributed by atoms with Gasteiger partial charge in [0.1, 0.15) is 11.9 Å². The molecule has 1 heterocycles. The lowest BCUT2D eigenvalue weighted by molar-refractivity contribution is -0.136. The molecule has 1 atom stereocenters. The molecule has 0 bridgehead atoms. The van der Waals surface area contributed by atoms with Gasteiger partial charge in [-0.3, -0.25) is 14.4 Å². The summed E-state index contributed by atoms with van der Waals surface area (Å²) >= 11 is 0. The molecule has 0 unspecified atom stereocenters. The van der Waals surface area contributed by atoms with Crippen LogP contribution in [0.3, 0.4) is 0 Å². The molecule has 166 valence electrons. The van der Waals surface area contributed by atoms with Crippen molar-refractivity contribution in [3.05, 3.63) is 35.6 Å². The third kappa shape index (κ3) is 6.79. The van der Waals surface area contributed by atoms with Crippen LogP contribution in [0, 0.1) is 17.7 Å². The number of hydrogen-bond acceptors (Lipinski definition) is 4. The highest BCUT2D eigenvalue weighted by Crippen LogP contribution is 2.23. The molecule has 2 N–H and O–H groups in total. The molecule has 2 rings (SSSR count). The zero-order valence-corrected chi connectivity index (χ0v) is 17.9. The second-order valence-electron chi connectivity index (χ2n) is 7.91. The van der Waals surface area contributed by atoms with Crippen LogP contribution in [-0.2, 0) is 14.3 Å². The molecule has 0 spiro atoms. The van der Waals surface area contributed by atoms with Gasteiger partial charge in [-0.2, -0.15) is 0 Å². The Morgan fingerprint density at radius 1 is 1.17 bits per heavy atom. The van der Waals surface area contributed by atoms with Crippen molar-refractivity contribution in [1.82, 2.24) is 15.5 Å². The number of carbonyl (C=O) groups is 3. The lowest BCUT2D eigenvalue weighted by atomic mass is 9.88. The number of nitrogens with zero attached hydrogens (tertiary/aromatic N) is 1. The Morgan fingerprint density at radius 3 is 2.37 bits per heavy atom. The normalized spacial score (nSPS) is 15.7. The van der Waals surface area contributed by atoms with E-state index < -0.39 is 17.8 Å². The van der Waals surface area contributed by atoms with Crippen LogP contribution in [-0.4, -0.2) is 62.0 Å². The highest BCUT2D eigenvalue weighted by atomic mass is 19.1. The molecule has 1 aliphatic heterocycles. The van der Waals surface area contributed by atoms with Crippen molar-refractivity contribution in [3.8, 4) is 0 Å². The SMILES string of the molecule is COCCCNC(=O)[C@H](NC(=O)c1ccc(F)cc1)C1CCN(C(=O)C(C)C)CC1. The topological polar surface area (TPSA) is 87.7 Å². The zero-order valence-electron chi connectivity index (χ0n) is 17.9. The average molecular weight is 422 g/mol. The van der Waals surface area contributed by atoms with Gasteiger partial charge < -0.3 is 20.3 Å². The van der Waals surface area contributed by atoms with Gasteiger partial charge in [-0.05, 0) is 49.4 Å². The number of carbonyl (C=O) groups excluding carboxylic acids is 3. The van der Waals surface area contributed by atoms with E-state index in [4.69, 9.17) is 4.74 Å². The Bertz CT molecular complexity index is 716. The van der Waals surface area contributed by atoms with Crippen molar-refractivity contribution in [1.29, 1.82) is 0 Å². The predicted molar refractivity (Wildman–Crippen MR) is 111 cm³/mol. The van der Waals surface area contributed by atoms with E-state index in [1.165, 1.54) is 24.3 Å². The molecule has 3 amide bonds. The first kappa shape index (κ1) is 23.8. The summed E-state index contributed by atoms with van der Waals surface area (Å²) in [5, 5.41) is 5.68. The van der Waals surface area contributed by atoms with Crippen LogP contribution in [0.1, 0.15) is 43.5 Å². The molecule has 0 aromatic heterocycles. The van der Waals surface area contributed by atoms with E-state index in [-0.39, 0.29) is 23.7 Å². The summed E-state index contributed by atoms with van der Waals surface area (Å²) in [5.41, 5.74) is 0.293. The van der Waals surface area contributed by atoms with E-state index in [1.54, 1.807) is 7.11 Å². The fourth-order valence-corrected chi connectivity index (χ4v) is 3.58. The van der Waals surface area contributed by atoms with Crippen molar-refractivity contribution in [2.75, 3.05) is 33.4 Å². The molecule has 1 aromatic carbocycles.